The van der Waals surface area contributed by atoms with Crippen LogP contribution in [0.25, 0.3) is 0 Å². The smallest absolute Gasteiger partial charge is 0.327 e. The molecule has 0 radical (unpaired) electrons. The maximum Gasteiger partial charge on any atom is 0.327 e. The molecule has 0 bridgehead atoms. The van der Waals surface area contributed by atoms with Gasteiger partial charge in [-0.25, -0.2) is 4.79 Å². The molecular weight excluding hydrogens is 228 g/mol. The molecule has 0 aromatic carbocycles. The van der Waals surface area contributed by atoms with Crippen LogP contribution >= 0.6 is 11.8 Å². The van der Waals surface area contributed by atoms with Crippen LogP contribution in [-0.4, -0.2) is 45.1 Å². The zero-order valence-corrected chi connectivity index (χ0v) is 10.4. The van der Waals surface area contributed by atoms with Crippen LogP contribution in [0.3, 0.4) is 0 Å². The van der Waals surface area contributed by atoms with Gasteiger partial charge >= 0.3 is 5.97 Å². The van der Waals surface area contributed by atoms with Crippen LogP contribution in [-0.2, 0) is 9.59 Å². The van der Waals surface area contributed by atoms with E-state index in [0.29, 0.717) is 5.75 Å². The number of hydrogen-bond donors (Lipinski definition) is 2. The van der Waals surface area contributed by atoms with Gasteiger partial charge < -0.3 is 15.7 Å². The molecule has 3 N–H and O–H groups in total. The Morgan fingerprint density at radius 2 is 2.25 bits per heavy atom. The standard InChI is InChI=1S/C10H18N2O3S/c1-3-9-12(8(13)4-6(2)11)7(5-16-9)10(14)15/h6-7,9H,3-5,11H2,1-2H3,(H,14,15). The van der Waals surface area contributed by atoms with Gasteiger partial charge in [-0.3, -0.25) is 4.79 Å². The molecule has 3 unspecified atom stereocenters. The molecule has 1 amide bonds. The van der Waals surface area contributed by atoms with Gasteiger partial charge in [0, 0.05) is 18.2 Å². The van der Waals surface area contributed by atoms with E-state index in [1.807, 2.05) is 6.92 Å². The molecule has 5 nitrogen and oxygen atoms in total. The zero-order chi connectivity index (χ0) is 12.3. The minimum Gasteiger partial charge on any atom is -0.480 e. The molecule has 16 heavy (non-hydrogen) atoms. The van der Waals surface area contributed by atoms with E-state index in [9.17, 15) is 9.59 Å². The normalized spacial score (nSPS) is 26.8. The molecule has 92 valence electrons. The SMILES string of the molecule is CCC1SCC(C(=O)O)N1C(=O)CC(C)N. The second-order valence-electron chi connectivity index (χ2n) is 4.03. The fourth-order valence-electron chi connectivity index (χ4n) is 1.78. The van der Waals surface area contributed by atoms with Crippen molar-refractivity contribution in [1.29, 1.82) is 0 Å². The second kappa shape index (κ2) is 5.54. The molecule has 1 fully saturated rings. The predicted molar refractivity (Wildman–Crippen MR) is 63.1 cm³/mol. The first kappa shape index (κ1) is 13.3. The van der Waals surface area contributed by atoms with Crippen molar-refractivity contribution in [1.82, 2.24) is 4.90 Å². The number of carboxylic acids is 1. The molecule has 0 aliphatic carbocycles. The Morgan fingerprint density at radius 1 is 1.62 bits per heavy atom. The molecule has 0 saturated carbocycles. The molecule has 1 aliphatic heterocycles. The van der Waals surface area contributed by atoms with Gasteiger partial charge in [0.15, 0.2) is 0 Å². The van der Waals surface area contributed by atoms with E-state index in [1.165, 1.54) is 16.7 Å². The van der Waals surface area contributed by atoms with Gasteiger partial charge in [0.2, 0.25) is 5.91 Å². The van der Waals surface area contributed by atoms with Gasteiger partial charge in [-0.15, -0.1) is 11.8 Å². The first-order valence-electron chi connectivity index (χ1n) is 5.38. The molecule has 6 heteroatoms. The second-order valence-corrected chi connectivity index (χ2v) is 5.24. The Labute approximate surface area is 99.4 Å². The lowest BCUT2D eigenvalue weighted by Crippen LogP contribution is -2.46. The predicted octanol–water partition coefficient (Wildman–Crippen LogP) is 0.488. The lowest BCUT2D eigenvalue weighted by Gasteiger charge is -2.27. The number of hydrogen-bond acceptors (Lipinski definition) is 4. The Hall–Kier alpha value is -0.750. The zero-order valence-electron chi connectivity index (χ0n) is 9.55. The Morgan fingerprint density at radius 3 is 2.69 bits per heavy atom. The van der Waals surface area contributed by atoms with Gasteiger partial charge in [-0.1, -0.05) is 6.92 Å². The molecule has 1 aliphatic rings. The molecule has 3 atom stereocenters. The maximum atomic E-state index is 11.9. The number of nitrogens with two attached hydrogens (primary N) is 1. The van der Waals surface area contributed by atoms with E-state index < -0.39 is 12.0 Å². The molecular formula is C10H18N2O3S. The van der Waals surface area contributed by atoms with Gasteiger partial charge in [0.05, 0.1) is 5.37 Å². The minimum atomic E-state index is -0.929. The average molecular weight is 246 g/mol. The summed E-state index contributed by atoms with van der Waals surface area (Å²) in [6, 6.07) is -0.925. The number of rotatable bonds is 4. The third-order valence-corrected chi connectivity index (χ3v) is 3.96. The van der Waals surface area contributed by atoms with Crippen molar-refractivity contribution in [2.75, 3.05) is 5.75 Å². The van der Waals surface area contributed by atoms with E-state index in [4.69, 9.17) is 10.8 Å². The third kappa shape index (κ3) is 2.89. The number of amides is 1. The van der Waals surface area contributed by atoms with Gasteiger partial charge in [-0.05, 0) is 13.3 Å². The van der Waals surface area contributed by atoms with Gasteiger partial charge in [-0.2, -0.15) is 0 Å². The highest BCUT2D eigenvalue weighted by Crippen LogP contribution is 2.31. The van der Waals surface area contributed by atoms with Crippen molar-refractivity contribution < 1.29 is 14.7 Å². The first-order valence-corrected chi connectivity index (χ1v) is 6.43. The third-order valence-electron chi connectivity index (χ3n) is 2.51. The van der Waals surface area contributed by atoms with Gasteiger partial charge in [0.1, 0.15) is 6.04 Å². The molecule has 0 aromatic heterocycles. The highest BCUT2D eigenvalue weighted by molar-refractivity contribution is 8.00. The topological polar surface area (TPSA) is 83.6 Å². The van der Waals surface area contributed by atoms with Crippen LogP contribution in [0.15, 0.2) is 0 Å². The Bertz CT molecular complexity index is 283. The molecule has 0 aromatic rings. The summed E-state index contributed by atoms with van der Waals surface area (Å²) in [5.41, 5.74) is 5.57. The lowest BCUT2D eigenvalue weighted by molar-refractivity contribution is -0.149. The molecule has 1 saturated heterocycles. The summed E-state index contributed by atoms with van der Waals surface area (Å²) in [4.78, 5) is 24.4. The lowest BCUT2D eigenvalue weighted by atomic mass is 10.2. The number of carbonyl (C=O) groups excluding carboxylic acids is 1. The van der Waals surface area contributed by atoms with Crippen LogP contribution in [0.4, 0.5) is 0 Å². The van der Waals surface area contributed by atoms with Crippen LogP contribution in [0.2, 0.25) is 0 Å². The van der Waals surface area contributed by atoms with Gasteiger partial charge in [0.25, 0.3) is 0 Å². The van der Waals surface area contributed by atoms with Crippen molar-refractivity contribution in [3.63, 3.8) is 0 Å². The number of thioether (sulfide) groups is 1. The monoisotopic (exact) mass is 246 g/mol. The Kier molecular flexibility index (Phi) is 4.61. The van der Waals surface area contributed by atoms with Crippen molar-refractivity contribution in [3.8, 4) is 0 Å². The molecule has 0 spiro atoms. The number of carbonyl (C=O) groups is 2. The van der Waals surface area contributed by atoms with Crippen molar-refractivity contribution in [3.05, 3.63) is 0 Å². The van der Waals surface area contributed by atoms with E-state index in [1.54, 1.807) is 6.92 Å². The summed E-state index contributed by atoms with van der Waals surface area (Å²) < 4.78 is 0. The largest absolute Gasteiger partial charge is 0.480 e. The van der Waals surface area contributed by atoms with Crippen LogP contribution in [0, 0.1) is 0 Å². The summed E-state index contributed by atoms with van der Waals surface area (Å²) >= 11 is 1.53. The summed E-state index contributed by atoms with van der Waals surface area (Å²) in [7, 11) is 0. The fourth-order valence-corrected chi connectivity index (χ4v) is 3.15. The maximum absolute atomic E-state index is 11.9. The van der Waals surface area contributed by atoms with Crippen LogP contribution < -0.4 is 5.73 Å². The van der Waals surface area contributed by atoms with E-state index in [-0.39, 0.29) is 23.7 Å². The fraction of sp³-hybridized carbons (Fsp3) is 0.800. The van der Waals surface area contributed by atoms with E-state index in [2.05, 4.69) is 0 Å². The quantitative estimate of drug-likeness (QED) is 0.754. The summed E-state index contributed by atoms with van der Waals surface area (Å²) in [6.45, 7) is 3.70. The summed E-state index contributed by atoms with van der Waals surface area (Å²) in [6.07, 6.45) is 0.972. The number of nitrogens with zero attached hydrogens (tertiary/aromatic N) is 1. The highest BCUT2D eigenvalue weighted by atomic mass is 32.2. The molecule has 1 heterocycles. The average Bonchev–Trinajstić information content (AvgIpc) is 2.59. The first-order chi connectivity index (χ1) is 7.47. The van der Waals surface area contributed by atoms with Crippen molar-refractivity contribution >= 4 is 23.6 Å². The summed E-state index contributed by atoms with van der Waals surface area (Å²) in [5.74, 6) is -0.612. The van der Waals surface area contributed by atoms with Crippen molar-refractivity contribution in [2.24, 2.45) is 5.73 Å². The van der Waals surface area contributed by atoms with E-state index in [0.717, 1.165) is 6.42 Å². The minimum absolute atomic E-state index is 0.0210. The van der Waals surface area contributed by atoms with Crippen LogP contribution in [0.5, 0.6) is 0 Å². The number of carboxylic acid groups (broad SMARTS) is 1. The Balaban J connectivity index is 2.77. The molecule has 1 rings (SSSR count). The number of aliphatic carboxylic acids is 1. The highest BCUT2D eigenvalue weighted by Gasteiger charge is 2.40. The van der Waals surface area contributed by atoms with Crippen LogP contribution in [0.1, 0.15) is 26.7 Å². The van der Waals surface area contributed by atoms with E-state index >= 15 is 0 Å². The summed E-state index contributed by atoms with van der Waals surface area (Å²) in [5, 5.41) is 9.02. The van der Waals surface area contributed by atoms with Crippen molar-refractivity contribution in [2.45, 2.75) is 44.1 Å².